The van der Waals surface area contributed by atoms with Crippen LogP contribution in [-0.4, -0.2) is 60.5 Å². The number of anilines is 1. The van der Waals surface area contributed by atoms with E-state index in [1.807, 2.05) is 42.5 Å². The van der Waals surface area contributed by atoms with Gasteiger partial charge in [0.05, 0.1) is 6.33 Å². The molecule has 10 nitrogen and oxygen atoms in total. The minimum atomic E-state index is -1.42. The van der Waals surface area contributed by atoms with E-state index in [1.165, 1.54) is 10.9 Å². The van der Waals surface area contributed by atoms with E-state index in [0.29, 0.717) is 12.1 Å². The summed E-state index contributed by atoms with van der Waals surface area (Å²) in [6.45, 7) is 2.11. The third-order valence-corrected chi connectivity index (χ3v) is 5.67. The quantitative estimate of drug-likeness (QED) is 0.328. The molecule has 0 spiro atoms. The maximum atomic E-state index is 12.2. The maximum absolute atomic E-state index is 12.2. The van der Waals surface area contributed by atoms with Crippen LogP contribution in [0, 0.1) is 11.8 Å². The minimum Gasteiger partial charge on any atom is -0.387 e. The topological polar surface area (TPSA) is 148 Å². The molecule has 0 saturated carbocycles. The molecule has 2 aromatic heterocycles. The van der Waals surface area contributed by atoms with Crippen molar-refractivity contribution in [1.29, 1.82) is 0 Å². The van der Waals surface area contributed by atoms with Crippen LogP contribution in [-0.2, 0) is 9.53 Å². The molecule has 172 valence electrons. The molecule has 0 radical (unpaired) electrons. The first-order valence-corrected chi connectivity index (χ1v) is 10.8. The molecule has 0 aliphatic carbocycles. The molecule has 0 unspecified atom stereocenters. The largest absolute Gasteiger partial charge is 0.387 e. The van der Waals surface area contributed by atoms with Gasteiger partial charge in [-0.2, -0.15) is 0 Å². The summed E-state index contributed by atoms with van der Waals surface area (Å²) in [4.78, 5) is 25.1. The van der Waals surface area contributed by atoms with Crippen molar-refractivity contribution in [3.05, 3.63) is 60.2 Å². The van der Waals surface area contributed by atoms with Crippen molar-refractivity contribution in [2.75, 3.05) is 12.3 Å². The zero-order valence-corrected chi connectivity index (χ0v) is 18.2. The van der Waals surface area contributed by atoms with Gasteiger partial charge in [0.2, 0.25) is 5.82 Å². The highest BCUT2D eigenvalue weighted by Gasteiger charge is 2.47. The van der Waals surface area contributed by atoms with Gasteiger partial charge in [-0.1, -0.05) is 42.3 Å². The van der Waals surface area contributed by atoms with E-state index in [4.69, 9.17) is 10.5 Å². The first-order chi connectivity index (χ1) is 16.5. The van der Waals surface area contributed by atoms with E-state index in [9.17, 15) is 15.0 Å². The van der Waals surface area contributed by atoms with Crippen LogP contribution in [0.4, 0.5) is 5.82 Å². The number of aliphatic hydroxyl groups is 2. The average molecular weight is 458 g/mol. The van der Waals surface area contributed by atoms with Gasteiger partial charge in [0.25, 0.3) is 5.91 Å². The molecule has 4 aromatic rings. The Kier molecular flexibility index (Phi) is 5.59. The Morgan fingerprint density at radius 2 is 1.94 bits per heavy atom. The fraction of sp³-hybridized carbons (Fsp3) is 0.250. The lowest BCUT2D eigenvalue weighted by Crippen LogP contribution is -2.42. The molecule has 3 heterocycles. The molecule has 1 aliphatic heterocycles. The number of ether oxygens (including phenoxy) is 1. The van der Waals surface area contributed by atoms with Gasteiger partial charge in [0.15, 0.2) is 23.8 Å². The van der Waals surface area contributed by atoms with E-state index in [2.05, 4.69) is 32.1 Å². The molecule has 1 fully saturated rings. The van der Waals surface area contributed by atoms with Crippen LogP contribution in [0.1, 0.15) is 24.5 Å². The number of hydrogen-bond acceptors (Lipinski definition) is 8. The summed E-state index contributed by atoms with van der Waals surface area (Å²) in [5.41, 5.74) is 7.47. The number of aromatic nitrogens is 4. The summed E-state index contributed by atoms with van der Waals surface area (Å²) in [6.07, 6.45) is -3.76. The van der Waals surface area contributed by atoms with Crippen LogP contribution >= 0.6 is 0 Å². The number of likely N-dealkylation sites (N-methyl/N-ethyl adjacent to an activating group) is 1. The Labute approximate surface area is 194 Å². The molecule has 1 saturated heterocycles. The summed E-state index contributed by atoms with van der Waals surface area (Å²) < 4.78 is 7.10. The van der Waals surface area contributed by atoms with Crippen molar-refractivity contribution in [3.63, 3.8) is 0 Å². The molecule has 4 atom stereocenters. The Morgan fingerprint density at radius 3 is 2.76 bits per heavy atom. The first kappa shape index (κ1) is 21.8. The highest BCUT2D eigenvalue weighted by molar-refractivity contribution is 5.88. The molecule has 0 bridgehead atoms. The van der Waals surface area contributed by atoms with Crippen LogP contribution in [0.5, 0.6) is 0 Å². The highest BCUT2D eigenvalue weighted by Crippen LogP contribution is 2.32. The fourth-order valence-corrected chi connectivity index (χ4v) is 4.02. The van der Waals surface area contributed by atoms with Gasteiger partial charge in [-0.05, 0) is 29.7 Å². The monoisotopic (exact) mass is 458 g/mol. The lowest BCUT2D eigenvalue weighted by atomic mass is 10.1. The molecule has 2 aromatic carbocycles. The van der Waals surface area contributed by atoms with Crippen molar-refractivity contribution in [1.82, 2.24) is 24.8 Å². The number of benzene rings is 2. The number of rotatable bonds is 3. The number of amides is 1. The number of nitrogens with two attached hydrogens (primary N) is 1. The molecular weight excluding hydrogens is 436 g/mol. The average Bonchev–Trinajstić information content (AvgIpc) is 3.39. The van der Waals surface area contributed by atoms with Crippen molar-refractivity contribution in [3.8, 4) is 11.8 Å². The molecular formula is C24H22N6O4. The second-order valence-corrected chi connectivity index (χ2v) is 7.86. The SMILES string of the molecule is CCNC(=O)[C@H]1O[C@@H](n2cnc3c(N)nc(C#Cc4cccc5ccccc45)nc32)[C@H](O)[C@@H]1O. The number of nitrogen functional groups attached to an aromatic ring is 1. The van der Waals surface area contributed by atoms with Crippen LogP contribution < -0.4 is 11.1 Å². The normalized spacial score (nSPS) is 22.0. The summed E-state index contributed by atoms with van der Waals surface area (Å²) in [5, 5.41) is 25.6. The molecule has 1 amide bonds. The van der Waals surface area contributed by atoms with Crippen LogP contribution in [0.15, 0.2) is 48.8 Å². The van der Waals surface area contributed by atoms with Crippen LogP contribution in [0.25, 0.3) is 21.9 Å². The number of carbonyl (C=O) groups excluding carboxylic acids is 1. The maximum Gasteiger partial charge on any atom is 0.252 e. The molecule has 1 aliphatic rings. The zero-order chi connectivity index (χ0) is 23.8. The second-order valence-electron chi connectivity index (χ2n) is 7.86. The molecule has 5 rings (SSSR count). The van der Waals surface area contributed by atoms with Crippen LogP contribution in [0.3, 0.4) is 0 Å². The molecule has 10 heteroatoms. The number of nitrogens with one attached hydrogen (secondary N) is 1. The highest BCUT2D eigenvalue weighted by atomic mass is 16.6. The molecule has 34 heavy (non-hydrogen) atoms. The Balaban J connectivity index is 1.52. The lowest BCUT2D eigenvalue weighted by molar-refractivity contribution is -0.137. The molecule has 5 N–H and O–H groups in total. The van der Waals surface area contributed by atoms with Crippen LogP contribution in [0.2, 0.25) is 0 Å². The van der Waals surface area contributed by atoms with Gasteiger partial charge in [-0.3, -0.25) is 9.36 Å². The minimum absolute atomic E-state index is 0.110. The fourth-order valence-electron chi connectivity index (χ4n) is 4.02. The number of aliphatic hydroxyl groups excluding tert-OH is 2. The second kappa shape index (κ2) is 8.72. The summed E-state index contributed by atoms with van der Waals surface area (Å²) in [5.74, 6) is 5.80. The van der Waals surface area contributed by atoms with Gasteiger partial charge >= 0.3 is 0 Å². The number of nitrogens with zero attached hydrogens (tertiary/aromatic N) is 4. The number of fused-ring (bicyclic) bond motifs is 2. The third-order valence-electron chi connectivity index (χ3n) is 5.67. The lowest BCUT2D eigenvalue weighted by Gasteiger charge is -2.16. The Bertz CT molecular complexity index is 1450. The number of imidazole rings is 1. The number of hydrogen-bond donors (Lipinski definition) is 4. The Morgan fingerprint density at radius 1 is 1.15 bits per heavy atom. The summed E-state index contributed by atoms with van der Waals surface area (Å²) in [6, 6.07) is 13.8. The van der Waals surface area contributed by atoms with Gasteiger partial charge in [-0.25, -0.2) is 15.0 Å². The predicted octanol–water partition coefficient (Wildman–Crippen LogP) is 0.717. The summed E-state index contributed by atoms with van der Waals surface area (Å²) >= 11 is 0. The van der Waals surface area contributed by atoms with Crippen molar-refractivity contribution in [2.45, 2.75) is 31.5 Å². The van der Waals surface area contributed by atoms with Gasteiger partial charge in [0, 0.05) is 12.1 Å². The van der Waals surface area contributed by atoms with Gasteiger partial charge in [0.1, 0.15) is 17.7 Å². The first-order valence-electron chi connectivity index (χ1n) is 10.8. The van der Waals surface area contributed by atoms with E-state index in [1.54, 1.807) is 6.92 Å². The zero-order valence-electron chi connectivity index (χ0n) is 18.2. The van der Waals surface area contributed by atoms with E-state index < -0.39 is 30.4 Å². The Hall–Kier alpha value is -4.04. The predicted molar refractivity (Wildman–Crippen MR) is 124 cm³/mol. The van der Waals surface area contributed by atoms with Gasteiger partial charge < -0.3 is 26.0 Å². The van der Waals surface area contributed by atoms with Crippen molar-refractivity contribution >= 4 is 33.7 Å². The third kappa shape index (κ3) is 3.72. The van der Waals surface area contributed by atoms with Crippen molar-refractivity contribution < 1.29 is 19.7 Å². The van der Waals surface area contributed by atoms with Gasteiger partial charge in [-0.15, -0.1) is 0 Å². The smallest absolute Gasteiger partial charge is 0.252 e. The van der Waals surface area contributed by atoms with E-state index >= 15 is 0 Å². The number of carbonyl (C=O) groups is 1. The summed E-state index contributed by atoms with van der Waals surface area (Å²) in [7, 11) is 0. The van der Waals surface area contributed by atoms with E-state index in [0.717, 1.165) is 16.3 Å². The standard InChI is InChI=1S/C24H22N6O4/c1-2-26-23(33)20-18(31)19(32)24(34-20)30-12-27-17-21(25)28-16(29-22(17)30)11-10-14-8-5-7-13-6-3-4-9-15(13)14/h3-9,12,18-20,24,31-32H,2H2,1H3,(H,26,33)(H2,25,28,29)/t18-,19+,20-,24+/m0/s1. The van der Waals surface area contributed by atoms with Crippen molar-refractivity contribution in [2.24, 2.45) is 0 Å². The van der Waals surface area contributed by atoms with E-state index in [-0.39, 0.29) is 17.3 Å².